The summed E-state index contributed by atoms with van der Waals surface area (Å²) in [5.74, 6) is -0.819. The van der Waals surface area contributed by atoms with Crippen molar-refractivity contribution in [3.63, 3.8) is 0 Å². The summed E-state index contributed by atoms with van der Waals surface area (Å²) >= 11 is 0. The van der Waals surface area contributed by atoms with Crippen LogP contribution in [0.2, 0.25) is 0 Å². The van der Waals surface area contributed by atoms with Gasteiger partial charge in [-0.3, -0.25) is 24.1 Å². The summed E-state index contributed by atoms with van der Waals surface area (Å²) in [6.45, 7) is 12.0. The van der Waals surface area contributed by atoms with E-state index in [1.165, 1.54) is 212 Å². The van der Waals surface area contributed by atoms with Crippen LogP contribution in [0.4, 0.5) is 0 Å². The molecule has 0 aromatic carbocycles. The highest BCUT2D eigenvalue weighted by molar-refractivity contribution is 5.89. The largest absolute Gasteiger partial charge is 0.395 e. The molecule has 0 fully saturated rings. The Morgan fingerprint density at radius 3 is 0.988 bits per heavy atom. The number of hydrogen-bond donors (Lipinski definition) is 3. The number of aldehydes is 1. The molecule has 0 radical (unpaired) electrons. The average molecular weight is 1140 g/mol. The summed E-state index contributed by atoms with van der Waals surface area (Å²) in [6, 6.07) is 0. The lowest BCUT2D eigenvalue weighted by Crippen LogP contribution is -2.49. The van der Waals surface area contributed by atoms with Crippen LogP contribution < -0.4 is 11.1 Å². The number of amides is 4. The van der Waals surface area contributed by atoms with Crippen LogP contribution in [0.25, 0.3) is 0 Å². The number of nitrogens with zero attached hydrogens (tertiary/aromatic N) is 4. The van der Waals surface area contributed by atoms with E-state index in [0.717, 1.165) is 83.5 Å². The predicted molar refractivity (Wildman–Crippen MR) is 347 cm³/mol. The molecule has 476 valence electrons. The van der Waals surface area contributed by atoms with Crippen LogP contribution in [0, 0.1) is 0 Å². The van der Waals surface area contributed by atoms with E-state index in [4.69, 9.17) is 5.73 Å². The number of carbonyl (C=O) groups excluding carboxylic acids is 5. The van der Waals surface area contributed by atoms with E-state index in [2.05, 4.69) is 57.3 Å². The minimum absolute atomic E-state index is 0.0329. The molecule has 0 aliphatic rings. The first-order valence-electron chi connectivity index (χ1n) is 34.5. The number of rotatable bonds is 62. The smallest absolute Gasteiger partial charge is 0.242 e. The molecule has 0 atom stereocenters. The highest BCUT2D eigenvalue weighted by Gasteiger charge is 2.25. The molecule has 0 saturated carbocycles. The second kappa shape index (κ2) is 66.1. The van der Waals surface area contributed by atoms with Crippen molar-refractivity contribution in [2.75, 3.05) is 79.1 Å². The van der Waals surface area contributed by atoms with Crippen molar-refractivity contribution in [2.24, 2.45) is 5.73 Å². The van der Waals surface area contributed by atoms with Crippen molar-refractivity contribution in [2.45, 2.75) is 310 Å². The molecule has 0 rings (SSSR count). The third-order valence-electron chi connectivity index (χ3n) is 15.6. The van der Waals surface area contributed by atoms with Gasteiger partial charge in [-0.2, -0.15) is 0 Å². The van der Waals surface area contributed by atoms with Crippen molar-refractivity contribution in [1.82, 2.24) is 24.9 Å². The highest BCUT2D eigenvalue weighted by Crippen LogP contribution is 2.15. The van der Waals surface area contributed by atoms with Gasteiger partial charge < -0.3 is 35.7 Å². The first-order valence-corrected chi connectivity index (χ1v) is 34.5. The standard InChI is InChI=1S/C48H92N4O5.C21H42N2O/c1-4-7-10-13-16-19-20-21-22-23-24-25-26-29-32-35-39-52(44-47(56)50(40-42-54)37-33-30-27-17-14-11-8-5-2)48(57)45-51(46(55)43-49-36-41-53)38-34-31-28-18-15-12-9-6-3;1-3-4-5-6-7-8-9-10-11-12-13-14-15-16-17-18-19-23(2)20-21(22)24/h21-22,42,49,53H,4-20,23-41,43-45H2,1-3H3;10-11H,3-9,12-20H2,1-2H3,(H2,22,24)/b22-21-;11-10-. The van der Waals surface area contributed by atoms with Crippen LogP contribution in [0.5, 0.6) is 0 Å². The first-order chi connectivity index (χ1) is 39.6. The van der Waals surface area contributed by atoms with Crippen LogP contribution in [-0.2, 0) is 24.0 Å². The molecule has 12 nitrogen and oxygen atoms in total. The number of hydrogen-bond acceptors (Lipinski definition) is 8. The summed E-state index contributed by atoms with van der Waals surface area (Å²) in [5, 5.41) is 12.2. The molecule has 0 spiro atoms. The number of allylic oxidation sites excluding steroid dienone is 4. The number of primary amides is 1. The lowest BCUT2D eigenvalue weighted by Gasteiger charge is -2.29. The molecular weight excluding hydrogens is 1010 g/mol. The monoisotopic (exact) mass is 1140 g/mol. The van der Waals surface area contributed by atoms with Gasteiger partial charge >= 0.3 is 0 Å². The van der Waals surface area contributed by atoms with Gasteiger partial charge in [0.15, 0.2) is 0 Å². The maximum atomic E-state index is 14.0. The quantitative estimate of drug-likeness (QED) is 0.0309. The number of likely N-dealkylation sites (N-methyl/N-ethyl adjacent to an activating group) is 1. The molecule has 12 heteroatoms. The van der Waals surface area contributed by atoms with E-state index in [1.54, 1.807) is 14.7 Å². The summed E-state index contributed by atoms with van der Waals surface area (Å²) < 4.78 is 0. The Hall–Kier alpha value is -3.09. The van der Waals surface area contributed by atoms with Gasteiger partial charge in [-0.1, -0.05) is 257 Å². The Morgan fingerprint density at radius 1 is 0.383 bits per heavy atom. The molecule has 0 bridgehead atoms. The second-order valence-electron chi connectivity index (χ2n) is 23.6. The van der Waals surface area contributed by atoms with Crippen molar-refractivity contribution < 1.29 is 29.1 Å². The molecule has 0 heterocycles. The molecule has 0 aromatic rings. The van der Waals surface area contributed by atoms with Crippen LogP contribution in [0.3, 0.4) is 0 Å². The second-order valence-corrected chi connectivity index (χ2v) is 23.6. The van der Waals surface area contributed by atoms with Gasteiger partial charge in [-0.25, -0.2) is 0 Å². The average Bonchev–Trinajstić information content (AvgIpc) is 3.45. The van der Waals surface area contributed by atoms with Gasteiger partial charge in [0.1, 0.15) is 6.29 Å². The van der Waals surface area contributed by atoms with E-state index in [0.29, 0.717) is 32.7 Å². The molecule has 81 heavy (non-hydrogen) atoms. The molecule has 0 aliphatic heterocycles. The van der Waals surface area contributed by atoms with Gasteiger partial charge in [-0.05, 0) is 90.6 Å². The molecule has 0 aliphatic carbocycles. The molecule has 0 aromatic heterocycles. The lowest BCUT2D eigenvalue weighted by molar-refractivity contribution is -0.144. The number of nitrogens with two attached hydrogens (primary N) is 1. The van der Waals surface area contributed by atoms with E-state index in [-0.39, 0.29) is 56.4 Å². The Balaban J connectivity index is 0. The van der Waals surface area contributed by atoms with Crippen LogP contribution in [0.1, 0.15) is 310 Å². The zero-order valence-electron chi connectivity index (χ0n) is 54.1. The third kappa shape index (κ3) is 59.9. The van der Waals surface area contributed by atoms with Crippen LogP contribution >= 0.6 is 0 Å². The third-order valence-corrected chi connectivity index (χ3v) is 15.6. The normalized spacial score (nSPS) is 11.4. The van der Waals surface area contributed by atoms with Crippen molar-refractivity contribution in [3.8, 4) is 0 Å². The summed E-state index contributed by atoms with van der Waals surface area (Å²) in [7, 11) is 1.96. The summed E-state index contributed by atoms with van der Waals surface area (Å²) in [6.07, 6.45) is 64.0. The zero-order chi connectivity index (χ0) is 59.8. The molecule has 4 amide bonds. The maximum absolute atomic E-state index is 14.0. The fraction of sp³-hybridized carbons (Fsp3) is 0.870. The van der Waals surface area contributed by atoms with Gasteiger partial charge in [0.05, 0.1) is 39.3 Å². The van der Waals surface area contributed by atoms with E-state index in [1.807, 2.05) is 11.9 Å². The van der Waals surface area contributed by atoms with Gasteiger partial charge in [0.25, 0.3) is 0 Å². The van der Waals surface area contributed by atoms with E-state index < -0.39 is 0 Å². The minimum atomic E-state index is -0.234. The lowest BCUT2D eigenvalue weighted by atomic mass is 10.1. The van der Waals surface area contributed by atoms with Gasteiger partial charge in [0, 0.05) is 26.2 Å². The summed E-state index contributed by atoms with van der Waals surface area (Å²) in [4.78, 5) is 70.1. The minimum Gasteiger partial charge on any atom is -0.395 e. The predicted octanol–water partition coefficient (Wildman–Crippen LogP) is 16.0. The Kier molecular flexibility index (Phi) is 65.2. The Bertz CT molecular complexity index is 1450. The van der Waals surface area contributed by atoms with Gasteiger partial charge in [0.2, 0.25) is 23.6 Å². The van der Waals surface area contributed by atoms with Crippen molar-refractivity contribution in [3.05, 3.63) is 24.3 Å². The zero-order valence-corrected chi connectivity index (χ0v) is 54.1. The maximum Gasteiger partial charge on any atom is 0.242 e. The molecule has 4 N–H and O–H groups in total. The fourth-order valence-electron chi connectivity index (χ4n) is 10.3. The SMILES string of the molecule is CCCCCCCC/C=C\CCCCCCCCN(C)CC(N)=O.CCCCCCCC/C=C\CCCCCCCCN(CC(=O)N(CC=O)CCCCCCCCCC)C(=O)CN(CCCCCCCCCC)C(=O)CNCCO. The molecule has 0 unspecified atom stereocenters. The van der Waals surface area contributed by atoms with Gasteiger partial charge in [-0.15, -0.1) is 0 Å². The van der Waals surface area contributed by atoms with Crippen molar-refractivity contribution >= 4 is 29.9 Å². The number of aliphatic hydroxyl groups is 1. The van der Waals surface area contributed by atoms with Crippen molar-refractivity contribution in [1.29, 1.82) is 0 Å². The fourth-order valence-corrected chi connectivity index (χ4v) is 10.3. The van der Waals surface area contributed by atoms with E-state index >= 15 is 0 Å². The summed E-state index contributed by atoms with van der Waals surface area (Å²) in [5.41, 5.74) is 5.17. The van der Waals surface area contributed by atoms with Crippen LogP contribution in [-0.4, -0.2) is 134 Å². The van der Waals surface area contributed by atoms with Crippen LogP contribution in [0.15, 0.2) is 24.3 Å². The first kappa shape index (κ1) is 80.0. The number of aliphatic hydroxyl groups excluding tert-OH is 1. The number of nitrogens with one attached hydrogen (secondary N) is 1. The topological polar surface area (TPSA) is 157 Å². The molecular formula is C69H134N6O6. The van der Waals surface area contributed by atoms with E-state index in [9.17, 15) is 29.1 Å². The molecule has 0 saturated heterocycles. The number of carbonyl (C=O) groups is 5. The highest BCUT2D eigenvalue weighted by atomic mass is 16.3. The Morgan fingerprint density at radius 2 is 0.667 bits per heavy atom. The Labute approximate surface area is 501 Å². The number of unbranched alkanes of at least 4 members (excludes halogenated alkanes) is 38.